The van der Waals surface area contributed by atoms with E-state index >= 15 is 0 Å². The van der Waals surface area contributed by atoms with Gasteiger partial charge in [0.15, 0.2) is 5.96 Å². The van der Waals surface area contributed by atoms with Gasteiger partial charge in [0.1, 0.15) is 0 Å². The Morgan fingerprint density at radius 2 is 1.90 bits per heavy atom. The van der Waals surface area contributed by atoms with Gasteiger partial charge in [-0.2, -0.15) is 13.2 Å². The van der Waals surface area contributed by atoms with Gasteiger partial charge >= 0.3 is 6.18 Å². The first-order valence-corrected chi connectivity index (χ1v) is 7.07. The molecule has 0 bridgehead atoms. The molecule has 2 N–H and O–H groups in total. The molecule has 0 saturated heterocycles. The van der Waals surface area contributed by atoms with Gasteiger partial charge in [-0.3, -0.25) is 4.99 Å². The number of aryl methyl sites for hydroxylation is 2. The summed E-state index contributed by atoms with van der Waals surface area (Å²) in [7, 11) is 1.53. The summed E-state index contributed by atoms with van der Waals surface area (Å²) >= 11 is 1.63. The molecule has 0 aliphatic heterocycles. The molecule has 0 spiro atoms. The molecule has 0 fully saturated rings. The minimum Gasteiger partial charge on any atom is -0.356 e. The van der Waals surface area contributed by atoms with Crippen molar-refractivity contribution in [2.75, 3.05) is 20.1 Å². The van der Waals surface area contributed by atoms with Crippen molar-refractivity contribution in [2.45, 2.75) is 32.9 Å². The number of alkyl halides is 3. The maximum Gasteiger partial charge on any atom is 0.390 e. The highest BCUT2D eigenvalue weighted by molar-refractivity contribution is 7.11. The first kappa shape index (κ1) is 16.7. The lowest BCUT2D eigenvalue weighted by atomic mass is 10.3. The number of thiazole rings is 1. The Balaban J connectivity index is 2.30. The zero-order valence-electron chi connectivity index (χ0n) is 11.8. The van der Waals surface area contributed by atoms with E-state index in [1.54, 1.807) is 11.3 Å². The molecule has 1 aromatic heterocycles. The van der Waals surface area contributed by atoms with Gasteiger partial charge in [0.05, 0.1) is 17.1 Å². The Bertz CT molecular complexity index is 454. The van der Waals surface area contributed by atoms with Crippen LogP contribution in [0.2, 0.25) is 0 Å². The molecule has 0 aliphatic rings. The van der Waals surface area contributed by atoms with Gasteiger partial charge in [-0.05, 0) is 13.8 Å². The lowest BCUT2D eigenvalue weighted by Crippen LogP contribution is -2.39. The average Bonchev–Trinajstić information content (AvgIpc) is 2.64. The van der Waals surface area contributed by atoms with E-state index in [4.69, 9.17) is 0 Å². The first-order valence-electron chi connectivity index (χ1n) is 6.26. The van der Waals surface area contributed by atoms with Crippen LogP contribution in [0.15, 0.2) is 4.99 Å². The lowest BCUT2D eigenvalue weighted by Gasteiger charge is -2.12. The Morgan fingerprint density at radius 1 is 1.25 bits per heavy atom. The van der Waals surface area contributed by atoms with Crippen LogP contribution in [0.1, 0.15) is 22.0 Å². The van der Waals surface area contributed by atoms with E-state index in [1.165, 1.54) is 11.9 Å². The lowest BCUT2D eigenvalue weighted by molar-refractivity contribution is -0.132. The molecular weight excluding hydrogens is 289 g/mol. The highest BCUT2D eigenvalue weighted by Crippen LogP contribution is 2.18. The largest absolute Gasteiger partial charge is 0.390 e. The fourth-order valence-electron chi connectivity index (χ4n) is 1.64. The van der Waals surface area contributed by atoms with Crippen LogP contribution in [0.3, 0.4) is 0 Å². The Labute approximate surface area is 120 Å². The van der Waals surface area contributed by atoms with E-state index in [0.717, 1.165) is 17.1 Å². The number of nitrogens with zero attached hydrogens (tertiary/aromatic N) is 2. The minimum atomic E-state index is -4.15. The number of aromatic nitrogens is 1. The fourth-order valence-corrected chi connectivity index (χ4v) is 2.58. The molecule has 0 aliphatic carbocycles. The molecule has 114 valence electrons. The van der Waals surface area contributed by atoms with Crippen molar-refractivity contribution in [3.05, 3.63) is 15.6 Å². The van der Waals surface area contributed by atoms with Crippen molar-refractivity contribution in [1.29, 1.82) is 0 Å². The smallest absolute Gasteiger partial charge is 0.356 e. The summed E-state index contributed by atoms with van der Waals surface area (Å²) in [5, 5.41) is 6.65. The first-order chi connectivity index (χ1) is 9.31. The summed E-state index contributed by atoms with van der Waals surface area (Å²) in [6, 6.07) is 0. The summed E-state index contributed by atoms with van der Waals surface area (Å²) in [5.41, 5.74) is 1.01. The summed E-state index contributed by atoms with van der Waals surface area (Å²) in [6.07, 6.45) is -4.25. The molecule has 8 heteroatoms. The summed E-state index contributed by atoms with van der Waals surface area (Å²) < 4.78 is 36.1. The van der Waals surface area contributed by atoms with Crippen LogP contribution in [0.5, 0.6) is 0 Å². The van der Waals surface area contributed by atoms with E-state index in [-0.39, 0.29) is 6.54 Å². The number of aliphatic imine (C=N–C) groups is 1. The van der Waals surface area contributed by atoms with Crippen molar-refractivity contribution in [2.24, 2.45) is 4.99 Å². The van der Waals surface area contributed by atoms with Crippen LogP contribution in [0.25, 0.3) is 0 Å². The topological polar surface area (TPSA) is 49.3 Å². The van der Waals surface area contributed by atoms with Crippen molar-refractivity contribution >= 4 is 17.3 Å². The second kappa shape index (κ2) is 7.47. The number of nitrogens with one attached hydrogen (secondary N) is 2. The fraction of sp³-hybridized carbons (Fsp3) is 0.667. The molecule has 1 aromatic rings. The summed E-state index contributed by atoms with van der Waals surface area (Å²) in [4.78, 5) is 9.39. The van der Waals surface area contributed by atoms with Gasteiger partial charge in [-0.1, -0.05) is 0 Å². The van der Waals surface area contributed by atoms with Crippen molar-refractivity contribution < 1.29 is 13.2 Å². The van der Waals surface area contributed by atoms with Gasteiger partial charge in [-0.15, -0.1) is 11.3 Å². The second-order valence-corrected chi connectivity index (χ2v) is 5.57. The molecule has 0 atom stereocenters. The van der Waals surface area contributed by atoms with Gasteiger partial charge in [0.2, 0.25) is 0 Å². The zero-order valence-corrected chi connectivity index (χ0v) is 12.6. The summed E-state index contributed by atoms with van der Waals surface area (Å²) in [6.45, 7) is 4.33. The molecule has 0 saturated carbocycles. The quantitative estimate of drug-likeness (QED) is 0.649. The average molecular weight is 308 g/mol. The third-order valence-corrected chi connectivity index (χ3v) is 3.70. The molecular formula is C12H19F3N4S. The Kier molecular flexibility index (Phi) is 6.25. The number of hydrogen-bond acceptors (Lipinski definition) is 3. The van der Waals surface area contributed by atoms with E-state index in [0.29, 0.717) is 12.5 Å². The van der Waals surface area contributed by atoms with Gasteiger partial charge < -0.3 is 10.6 Å². The predicted octanol–water partition coefficient (Wildman–Crippen LogP) is 2.42. The minimum absolute atomic E-state index is 0.179. The number of hydrogen-bond donors (Lipinski definition) is 2. The van der Waals surface area contributed by atoms with Gasteiger partial charge in [-0.25, -0.2) is 4.98 Å². The molecule has 0 amide bonds. The monoisotopic (exact) mass is 308 g/mol. The highest BCUT2D eigenvalue weighted by atomic mass is 32.1. The third kappa shape index (κ3) is 6.23. The van der Waals surface area contributed by atoms with E-state index in [1.807, 2.05) is 13.8 Å². The second-order valence-electron chi connectivity index (χ2n) is 4.28. The third-order valence-electron chi connectivity index (χ3n) is 2.57. The van der Waals surface area contributed by atoms with Crippen LogP contribution >= 0.6 is 11.3 Å². The Hall–Kier alpha value is -1.31. The molecule has 1 rings (SSSR count). The number of guanidine groups is 1. The van der Waals surface area contributed by atoms with Crippen molar-refractivity contribution in [1.82, 2.24) is 15.6 Å². The van der Waals surface area contributed by atoms with E-state index in [2.05, 4.69) is 20.6 Å². The number of halogens is 3. The highest BCUT2D eigenvalue weighted by Gasteiger charge is 2.26. The van der Waals surface area contributed by atoms with Gasteiger partial charge in [0, 0.05) is 31.4 Å². The normalized spacial score (nSPS) is 12.6. The molecule has 4 nitrogen and oxygen atoms in total. The van der Waals surface area contributed by atoms with E-state index in [9.17, 15) is 13.2 Å². The SMILES string of the molecule is CN=C(NCCc1sc(C)nc1C)NCCC(F)(F)F. The predicted molar refractivity (Wildman–Crippen MR) is 75.3 cm³/mol. The standard InChI is InChI=1S/C12H19F3N4S/c1-8-10(20-9(2)19-8)4-6-17-11(16-3)18-7-5-12(13,14)15/h4-7H2,1-3H3,(H2,16,17,18). The molecule has 0 unspecified atom stereocenters. The maximum absolute atomic E-state index is 12.0. The molecule has 1 heterocycles. The van der Waals surface area contributed by atoms with Crippen LogP contribution in [-0.2, 0) is 6.42 Å². The van der Waals surface area contributed by atoms with Crippen LogP contribution < -0.4 is 10.6 Å². The van der Waals surface area contributed by atoms with Crippen LogP contribution in [-0.4, -0.2) is 37.3 Å². The molecule has 20 heavy (non-hydrogen) atoms. The number of rotatable bonds is 5. The van der Waals surface area contributed by atoms with Crippen molar-refractivity contribution in [3.8, 4) is 0 Å². The maximum atomic E-state index is 12.0. The molecule has 0 radical (unpaired) electrons. The summed E-state index contributed by atoms with van der Waals surface area (Å²) in [5.74, 6) is 0.383. The Morgan fingerprint density at radius 3 is 2.40 bits per heavy atom. The molecule has 0 aromatic carbocycles. The van der Waals surface area contributed by atoms with E-state index < -0.39 is 12.6 Å². The van der Waals surface area contributed by atoms with Crippen molar-refractivity contribution in [3.63, 3.8) is 0 Å². The zero-order chi connectivity index (χ0) is 15.2. The van der Waals surface area contributed by atoms with Crippen LogP contribution in [0, 0.1) is 13.8 Å². The van der Waals surface area contributed by atoms with Crippen LogP contribution in [0.4, 0.5) is 13.2 Å². The van der Waals surface area contributed by atoms with Gasteiger partial charge in [0.25, 0.3) is 0 Å².